The first-order chi connectivity index (χ1) is 9.43. The lowest BCUT2D eigenvalue weighted by atomic mass is 9.95. The van der Waals surface area contributed by atoms with Crippen LogP contribution in [0.1, 0.15) is 44.2 Å². The Hall–Kier alpha value is -0.650. The lowest BCUT2D eigenvalue weighted by Gasteiger charge is -2.39. The molecule has 1 aromatic heterocycles. The monoisotopic (exact) mass is 297 g/mol. The van der Waals surface area contributed by atoms with Crippen LogP contribution in [0.5, 0.6) is 0 Å². The zero-order valence-electron chi connectivity index (χ0n) is 13.3. The number of aryl methyl sites for hydroxylation is 1. The van der Waals surface area contributed by atoms with E-state index in [4.69, 9.17) is 9.72 Å². The fraction of sp³-hybridized carbons (Fsp3) is 0.800. The third kappa shape index (κ3) is 3.71. The molecular formula is C15H27N3OS. The maximum Gasteiger partial charge on any atom is 0.185 e. The molecule has 1 aliphatic rings. The van der Waals surface area contributed by atoms with E-state index in [1.54, 1.807) is 0 Å². The van der Waals surface area contributed by atoms with E-state index in [2.05, 4.69) is 37.9 Å². The van der Waals surface area contributed by atoms with Gasteiger partial charge in [0.2, 0.25) is 0 Å². The molecule has 1 unspecified atom stereocenters. The number of aromatic nitrogens is 1. The van der Waals surface area contributed by atoms with Crippen molar-refractivity contribution in [1.82, 2.24) is 10.3 Å². The molecule has 0 aromatic carbocycles. The number of nitrogens with one attached hydrogen (secondary N) is 1. The summed E-state index contributed by atoms with van der Waals surface area (Å²) >= 11 is 1.82. The number of ether oxygens (including phenoxy) is 1. The zero-order valence-corrected chi connectivity index (χ0v) is 14.1. The molecule has 0 spiro atoms. The number of methoxy groups -OCH3 is 1. The maximum atomic E-state index is 5.67. The second-order valence-corrected chi connectivity index (χ2v) is 7.28. The molecule has 0 aliphatic carbocycles. The lowest BCUT2D eigenvalue weighted by molar-refractivity contribution is -0.00466. The fourth-order valence-electron chi connectivity index (χ4n) is 2.54. The molecule has 1 saturated heterocycles. The minimum Gasteiger partial charge on any atom is -0.377 e. The minimum atomic E-state index is -0.0336. The van der Waals surface area contributed by atoms with Gasteiger partial charge in [-0.15, -0.1) is 11.3 Å². The van der Waals surface area contributed by atoms with Gasteiger partial charge in [0.05, 0.1) is 11.3 Å². The van der Waals surface area contributed by atoms with Crippen LogP contribution in [0.25, 0.3) is 0 Å². The normalized spacial score (nSPS) is 23.6. The Labute approximate surface area is 126 Å². The van der Waals surface area contributed by atoms with Crippen molar-refractivity contribution < 1.29 is 4.74 Å². The first-order valence-electron chi connectivity index (χ1n) is 7.43. The zero-order chi connectivity index (χ0) is 14.8. The van der Waals surface area contributed by atoms with Crippen molar-refractivity contribution in [1.29, 1.82) is 0 Å². The third-order valence-corrected chi connectivity index (χ3v) is 5.19. The van der Waals surface area contributed by atoms with Crippen LogP contribution in [0.3, 0.4) is 0 Å². The van der Waals surface area contributed by atoms with E-state index in [9.17, 15) is 0 Å². The molecule has 0 radical (unpaired) electrons. The molecule has 1 fully saturated rings. The molecule has 2 heterocycles. The summed E-state index contributed by atoms with van der Waals surface area (Å²) in [5.41, 5.74) is 1.12. The van der Waals surface area contributed by atoms with Crippen molar-refractivity contribution in [2.45, 2.75) is 58.7 Å². The highest BCUT2D eigenvalue weighted by atomic mass is 32.1. The van der Waals surface area contributed by atoms with Crippen molar-refractivity contribution in [3.05, 3.63) is 10.6 Å². The lowest BCUT2D eigenvalue weighted by Crippen LogP contribution is -2.47. The Morgan fingerprint density at radius 2 is 2.25 bits per heavy atom. The van der Waals surface area contributed by atoms with Crippen molar-refractivity contribution in [2.24, 2.45) is 0 Å². The van der Waals surface area contributed by atoms with Crippen LogP contribution in [-0.2, 0) is 11.3 Å². The summed E-state index contributed by atoms with van der Waals surface area (Å²) in [6.45, 7) is 11.6. The smallest absolute Gasteiger partial charge is 0.185 e. The molecule has 1 atom stereocenters. The van der Waals surface area contributed by atoms with Crippen LogP contribution in [0.15, 0.2) is 0 Å². The molecule has 2 rings (SSSR count). The van der Waals surface area contributed by atoms with Gasteiger partial charge in [-0.25, -0.2) is 4.98 Å². The summed E-state index contributed by atoms with van der Waals surface area (Å²) in [7, 11) is 1.81. The van der Waals surface area contributed by atoms with Gasteiger partial charge in [-0.05, 0) is 26.7 Å². The van der Waals surface area contributed by atoms with E-state index in [1.807, 2.05) is 18.4 Å². The molecule has 114 valence electrons. The number of nitrogens with zero attached hydrogens (tertiary/aromatic N) is 2. The number of piperidine rings is 1. The van der Waals surface area contributed by atoms with Gasteiger partial charge in [-0.1, -0.05) is 13.8 Å². The standard InChI is InChI=1S/C15H27N3OS/c1-11(2)16-9-13-12(3)17-14(20-13)18-8-6-7-15(4,10-18)19-5/h11,16H,6-10H2,1-5H3. The van der Waals surface area contributed by atoms with Gasteiger partial charge < -0.3 is 15.0 Å². The molecule has 0 bridgehead atoms. The van der Waals surface area contributed by atoms with Gasteiger partial charge in [-0.3, -0.25) is 0 Å². The van der Waals surface area contributed by atoms with Crippen molar-refractivity contribution in [3.63, 3.8) is 0 Å². The summed E-state index contributed by atoms with van der Waals surface area (Å²) in [5.74, 6) is 0. The molecule has 1 aromatic rings. The van der Waals surface area contributed by atoms with Crippen molar-refractivity contribution in [2.75, 3.05) is 25.1 Å². The maximum absolute atomic E-state index is 5.67. The number of hydrogen-bond acceptors (Lipinski definition) is 5. The van der Waals surface area contributed by atoms with Crippen molar-refractivity contribution in [3.8, 4) is 0 Å². The predicted molar refractivity (Wildman–Crippen MR) is 85.7 cm³/mol. The molecule has 4 nitrogen and oxygen atoms in total. The van der Waals surface area contributed by atoms with E-state index in [1.165, 1.54) is 11.3 Å². The summed E-state index contributed by atoms with van der Waals surface area (Å²) in [6.07, 6.45) is 2.30. The van der Waals surface area contributed by atoms with Gasteiger partial charge in [0.25, 0.3) is 0 Å². The average Bonchev–Trinajstić information content (AvgIpc) is 2.78. The first-order valence-corrected chi connectivity index (χ1v) is 8.25. The minimum absolute atomic E-state index is 0.0336. The second-order valence-electron chi connectivity index (χ2n) is 6.22. The summed E-state index contributed by atoms with van der Waals surface area (Å²) in [6, 6.07) is 0.506. The van der Waals surface area contributed by atoms with E-state index in [0.717, 1.165) is 36.9 Å². The van der Waals surface area contributed by atoms with Crippen LogP contribution in [0, 0.1) is 6.92 Å². The van der Waals surface area contributed by atoms with Crippen LogP contribution in [0.2, 0.25) is 0 Å². The first kappa shape index (κ1) is 15.7. The summed E-state index contributed by atoms with van der Waals surface area (Å²) in [4.78, 5) is 8.49. The van der Waals surface area contributed by atoms with Gasteiger partial charge in [0.15, 0.2) is 5.13 Å². The largest absolute Gasteiger partial charge is 0.377 e. The Balaban J connectivity index is 2.07. The molecule has 5 heteroatoms. The quantitative estimate of drug-likeness (QED) is 0.906. The highest BCUT2D eigenvalue weighted by Gasteiger charge is 2.32. The Morgan fingerprint density at radius 3 is 2.90 bits per heavy atom. The van der Waals surface area contributed by atoms with Crippen molar-refractivity contribution >= 4 is 16.5 Å². The Morgan fingerprint density at radius 1 is 1.50 bits per heavy atom. The Bertz CT molecular complexity index is 446. The highest BCUT2D eigenvalue weighted by Crippen LogP contribution is 2.32. The highest BCUT2D eigenvalue weighted by molar-refractivity contribution is 7.15. The van der Waals surface area contributed by atoms with Gasteiger partial charge in [0.1, 0.15) is 0 Å². The molecule has 0 amide bonds. The molecular weight excluding hydrogens is 270 g/mol. The second kappa shape index (κ2) is 6.41. The molecule has 20 heavy (non-hydrogen) atoms. The number of anilines is 1. The predicted octanol–water partition coefficient (Wildman–Crippen LogP) is 2.95. The van der Waals surface area contributed by atoms with E-state index in [0.29, 0.717) is 6.04 Å². The van der Waals surface area contributed by atoms with Gasteiger partial charge >= 0.3 is 0 Å². The van der Waals surface area contributed by atoms with Gasteiger partial charge in [0, 0.05) is 37.7 Å². The van der Waals surface area contributed by atoms with E-state index in [-0.39, 0.29) is 5.60 Å². The van der Waals surface area contributed by atoms with Crippen LogP contribution >= 0.6 is 11.3 Å². The van der Waals surface area contributed by atoms with Crippen LogP contribution in [-0.4, -0.2) is 36.8 Å². The topological polar surface area (TPSA) is 37.4 Å². The average molecular weight is 297 g/mol. The SMILES string of the molecule is COC1(C)CCCN(c2nc(C)c(CNC(C)C)s2)C1. The van der Waals surface area contributed by atoms with Crippen LogP contribution in [0.4, 0.5) is 5.13 Å². The summed E-state index contributed by atoms with van der Waals surface area (Å²) in [5, 5.41) is 4.62. The molecule has 1 aliphatic heterocycles. The Kier molecular flexibility index (Phi) is 5.04. The number of thiazole rings is 1. The van der Waals surface area contributed by atoms with E-state index < -0.39 is 0 Å². The van der Waals surface area contributed by atoms with Crippen LogP contribution < -0.4 is 10.2 Å². The number of hydrogen-bond donors (Lipinski definition) is 1. The third-order valence-electron chi connectivity index (χ3n) is 3.97. The summed E-state index contributed by atoms with van der Waals surface area (Å²) < 4.78 is 5.67. The van der Waals surface area contributed by atoms with Gasteiger partial charge in [-0.2, -0.15) is 0 Å². The molecule has 1 N–H and O–H groups in total. The fourth-order valence-corrected chi connectivity index (χ4v) is 3.58. The number of rotatable bonds is 5. The van der Waals surface area contributed by atoms with E-state index >= 15 is 0 Å². The molecule has 0 saturated carbocycles.